The highest BCUT2D eigenvalue weighted by molar-refractivity contribution is 6.30. The normalized spacial score (nSPS) is 17.6. The number of Topliss-reactive ketones (excluding diaryl/α,β-unsaturated/α-hetero) is 1. The molecule has 0 aromatic heterocycles. The molecule has 0 spiro atoms. The minimum absolute atomic E-state index is 0.0183. The van der Waals surface area contributed by atoms with Crippen molar-refractivity contribution in [3.63, 3.8) is 0 Å². The van der Waals surface area contributed by atoms with Gasteiger partial charge in [-0.2, -0.15) is 0 Å². The summed E-state index contributed by atoms with van der Waals surface area (Å²) in [4.78, 5) is 23.0. The van der Waals surface area contributed by atoms with Crippen molar-refractivity contribution in [2.24, 2.45) is 5.92 Å². The smallest absolute Gasteiger partial charge is 0.309 e. The van der Waals surface area contributed by atoms with Crippen LogP contribution >= 0.6 is 11.6 Å². The molecule has 1 atom stereocenters. The van der Waals surface area contributed by atoms with E-state index in [4.69, 9.17) is 21.1 Å². The fourth-order valence-corrected chi connectivity index (χ4v) is 2.24. The van der Waals surface area contributed by atoms with Gasteiger partial charge in [0.2, 0.25) is 0 Å². The van der Waals surface area contributed by atoms with E-state index in [2.05, 4.69) is 0 Å². The van der Waals surface area contributed by atoms with E-state index in [1.165, 1.54) is 12.1 Å². The van der Waals surface area contributed by atoms with Crippen LogP contribution in [0.3, 0.4) is 0 Å². The van der Waals surface area contributed by atoms with Crippen LogP contribution in [-0.2, 0) is 14.3 Å². The van der Waals surface area contributed by atoms with Gasteiger partial charge in [-0.3, -0.25) is 9.59 Å². The number of hydrogen-bond acceptors (Lipinski definition) is 4. The minimum atomic E-state index is -0.537. The van der Waals surface area contributed by atoms with Crippen LogP contribution in [0.4, 0.5) is 4.39 Å². The number of cyclic esters (lactones) is 1. The topological polar surface area (TPSA) is 52.6 Å². The van der Waals surface area contributed by atoms with Crippen molar-refractivity contribution in [2.45, 2.75) is 25.7 Å². The molecule has 1 aliphatic heterocycles. The van der Waals surface area contributed by atoms with E-state index in [9.17, 15) is 14.0 Å². The van der Waals surface area contributed by atoms with Crippen molar-refractivity contribution < 1.29 is 23.5 Å². The zero-order chi connectivity index (χ0) is 15.2. The number of benzene rings is 1. The fraction of sp³-hybridized carbons (Fsp3) is 0.467. The Labute approximate surface area is 127 Å². The fourth-order valence-electron chi connectivity index (χ4n) is 2.13. The van der Waals surface area contributed by atoms with Gasteiger partial charge in [-0.25, -0.2) is 4.39 Å². The summed E-state index contributed by atoms with van der Waals surface area (Å²) >= 11 is 5.56. The third-order valence-corrected chi connectivity index (χ3v) is 3.58. The molecule has 1 aromatic carbocycles. The molecule has 21 heavy (non-hydrogen) atoms. The second-order valence-electron chi connectivity index (χ2n) is 4.92. The number of carbonyl (C=O) groups excluding carboxylic acids is 2. The summed E-state index contributed by atoms with van der Waals surface area (Å²) in [7, 11) is 0. The number of ether oxygens (including phenoxy) is 2. The first kappa shape index (κ1) is 15.8. The minimum Gasteiger partial charge on any atom is -0.493 e. The van der Waals surface area contributed by atoms with E-state index < -0.39 is 5.82 Å². The van der Waals surface area contributed by atoms with Gasteiger partial charge in [-0.1, -0.05) is 11.6 Å². The Morgan fingerprint density at radius 3 is 2.95 bits per heavy atom. The largest absolute Gasteiger partial charge is 0.493 e. The third kappa shape index (κ3) is 4.70. The van der Waals surface area contributed by atoms with Crippen LogP contribution in [0.15, 0.2) is 18.2 Å². The Morgan fingerprint density at radius 2 is 2.29 bits per heavy atom. The van der Waals surface area contributed by atoms with E-state index in [-0.39, 0.29) is 29.1 Å². The maximum Gasteiger partial charge on any atom is 0.309 e. The Bertz CT molecular complexity index is 532. The second-order valence-corrected chi connectivity index (χ2v) is 5.33. The quantitative estimate of drug-likeness (QED) is 0.573. The molecule has 1 aliphatic rings. The zero-order valence-corrected chi connectivity index (χ0v) is 12.2. The van der Waals surface area contributed by atoms with E-state index in [1.54, 1.807) is 6.07 Å². The van der Waals surface area contributed by atoms with Gasteiger partial charge in [0.15, 0.2) is 0 Å². The zero-order valence-electron chi connectivity index (χ0n) is 11.4. The molecular weight excluding hydrogens is 299 g/mol. The third-order valence-electron chi connectivity index (χ3n) is 3.28. The Kier molecular flexibility index (Phi) is 5.56. The molecule has 0 radical (unpaired) electrons. The molecule has 1 heterocycles. The SMILES string of the molecule is O=C(CCCOc1ccc(Cl)c(F)c1)CC1CCOC1=O. The predicted octanol–water partition coefficient (Wildman–Crippen LogP) is 3.16. The molecule has 1 aromatic rings. The number of rotatable bonds is 7. The van der Waals surface area contributed by atoms with Crippen molar-refractivity contribution in [2.75, 3.05) is 13.2 Å². The predicted molar refractivity (Wildman–Crippen MR) is 74.8 cm³/mol. The van der Waals surface area contributed by atoms with Crippen LogP contribution < -0.4 is 4.74 Å². The summed E-state index contributed by atoms with van der Waals surface area (Å²) < 4.78 is 23.3. The molecule has 0 bridgehead atoms. The summed E-state index contributed by atoms with van der Waals surface area (Å²) in [5, 5.41) is 0.0426. The van der Waals surface area contributed by atoms with Gasteiger partial charge in [0.05, 0.1) is 24.2 Å². The highest BCUT2D eigenvalue weighted by atomic mass is 35.5. The van der Waals surface area contributed by atoms with E-state index in [1.807, 2.05) is 0 Å². The first-order chi connectivity index (χ1) is 10.1. The van der Waals surface area contributed by atoms with Crippen LogP contribution in [0, 0.1) is 11.7 Å². The lowest BCUT2D eigenvalue weighted by atomic mass is 9.99. The van der Waals surface area contributed by atoms with Gasteiger partial charge < -0.3 is 9.47 Å². The molecule has 0 saturated carbocycles. The van der Waals surface area contributed by atoms with E-state index >= 15 is 0 Å². The molecule has 1 saturated heterocycles. The Balaban J connectivity index is 1.66. The van der Waals surface area contributed by atoms with Crippen LogP contribution in [0.1, 0.15) is 25.7 Å². The lowest BCUT2D eigenvalue weighted by Crippen LogP contribution is -2.14. The monoisotopic (exact) mass is 314 g/mol. The second kappa shape index (κ2) is 7.41. The summed E-state index contributed by atoms with van der Waals surface area (Å²) in [6.07, 6.45) is 1.70. The van der Waals surface area contributed by atoms with E-state index in [0.717, 1.165) is 0 Å². The van der Waals surface area contributed by atoms with Crippen LogP contribution in [0.5, 0.6) is 5.75 Å². The summed E-state index contributed by atoms with van der Waals surface area (Å²) in [5.74, 6) is -0.710. The number of esters is 1. The molecule has 114 valence electrons. The van der Waals surface area contributed by atoms with Crippen molar-refractivity contribution >= 4 is 23.4 Å². The van der Waals surface area contributed by atoms with Gasteiger partial charge in [0.25, 0.3) is 0 Å². The van der Waals surface area contributed by atoms with Gasteiger partial charge in [0.1, 0.15) is 17.3 Å². The highest BCUT2D eigenvalue weighted by Gasteiger charge is 2.28. The number of carbonyl (C=O) groups is 2. The maximum absolute atomic E-state index is 13.2. The molecule has 1 unspecified atom stereocenters. The summed E-state index contributed by atoms with van der Waals surface area (Å²) in [5.41, 5.74) is 0. The van der Waals surface area contributed by atoms with E-state index in [0.29, 0.717) is 38.2 Å². The molecular formula is C15H16ClFO4. The molecule has 0 amide bonds. The first-order valence-corrected chi connectivity index (χ1v) is 7.20. The lowest BCUT2D eigenvalue weighted by Gasteiger charge is -2.07. The number of halogens is 2. The molecule has 4 nitrogen and oxygen atoms in total. The van der Waals surface area contributed by atoms with Gasteiger partial charge in [-0.05, 0) is 25.0 Å². The molecule has 0 aliphatic carbocycles. The highest BCUT2D eigenvalue weighted by Crippen LogP contribution is 2.21. The van der Waals surface area contributed by atoms with Crippen molar-refractivity contribution in [1.29, 1.82) is 0 Å². The molecule has 0 N–H and O–H groups in total. The molecule has 6 heteroatoms. The Hall–Kier alpha value is -1.62. The standard InChI is InChI=1S/C15H16ClFO4/c16-13-4-3-12(9-14(13)17)20-6-1-2-11(18)8-10-5-7-21-15(10)19/h3-4,9-10H,1-2,5-8H2. The molecule has 1 fully saturated rings. The summed E-state index contributed by atoms with van der Waals surface area (Å²) in [6.45, 7) is 0.712. The average molecular weight is 315 g/mol. The van der Waals surface area contributed by atoms with Gasteiger partial charge >= 0.3 is 5.97 Å². The number of ketones is 1. The van der Waals surface area contributed by atoms with Crippen molar-refractivity contribution in [3.05, 3.63) is 29.0 Å². The van der Waals surface area contributed by atoms with Crippen molar-refractivity contribution in [3.8, 4) is 5.75 Å². The Morgan fingerprint density at radius 1 is 1.48 bits per heavy atom. The average Bonchev–Trinajstić information content (AvgIpc) is 2.84. The van der Waals surface area contributed by atoms with Crippen LogP contribution in [0.2, 0.25) is 5.02 Å². The van der Waals surface area contributed by atoms with Gasteiger partial charge in [-0.15, -0.1) is 0 Å². The first-order valence-electron chi connectivity index (χ1n) is 6.82. The van der Waals surface area contributed by atoms with Crippen LogP contribution in [-0.4, -0.2) is 25.0 Å². The maximum atomic E-state index is 13.2. The molecule has 2 rings (SSSR count). The number of hydrogen-bond donors (Lipinski definition) is 0. The van der Waals surface area contributed by atoms with Gasteiger partial charge in [0, 0.05) is 18.9 Å². The van der Waals surface area contributed by atoms with Crippen molar-refractivity contribution in [1.82, 2.24) is 0 Å². The summed E-state index contributed by atoms with van der Waals surface area (Å²) in [6, 6.07) is 4.20. The lowest BCUT2D eigenvalue weighted by molar-refractivity contribution is -0.142. The van der Waals surface area contributed by atoms with Crippen LogP contribution in [0.25, 0.3) is 0 Å².